The van der Waals surface area contributed by atoms with Crippen LogP contribution in [0.5, 0.6) is 0 Å². The van der Waals surface area contributed by atoms with Crippen LogP contribution in [-0.2, 0) is 32.0 Å². The van der Waals surface area contributed by atoms with E-state index in [0.717, 1.165) is 21.9 Å². The number of Topliss-reactive ketones (excluding diaryl/α,β-unsaturated/α-hetero) is 1. The number of amides is 2. The Hall–Kier alpha value is -3.99. The highest BCUT2D eigenvalue weighted by atomic mass is 19.1. The zero-order chi connectivity index (χ0) is 30.6. The first-order valence-electron chi connectivity index (χ1n) is 13.9. The standard InChI is InChI=1S/C32H38FN4O5/c1-37(30(40)16-11-21-9-13-25(33)14-10-21)26(19-38)15-12-24(18-34)31(41)29(20-39)36-32(42)28(35)17-23-7-4-6-22-5-2-3-8-27(22)23/h2-10,13-14,24,26,28-29,39H,11-12,15-18,20,34-35H2,1H3,(H,36,42)/t24?,26-,28-,29-/m0/s1. The molecule has 0 saturated carbocycles. The van der Waals surface area contributed by atoms with Gasteiger partial charge in [-0.1, -0.05) is 54.6 Å². The maximum absolute atomic E-state index is 13.2. The summed E-state index contributed by atoms with van der Waals surface area (Å²) in [6.45, 7) is -0.728. The average Bonchev–Trinajstić information content (AvgIpc) is 3.01. The van der Waals surface area contributed by atoms with Gasteiger partial charge in [-0.2, -0.15) is 0 Å². The molecule has 0 aromatic heterocycles. The highest BCUT2D eigenvalue weighted by Crippen LogP contribution is 2.20. The van der Waals surface area contributed by atoms with E-state index in [1.165, 1.54) is 24.1 Å². The fourth-order valence-electron chi connectivity index (χ4n) is 4.89. The smallest absolute Gasteiger partial charge is 0.237 e. The molecule has 4 atom stereocenters. The second kappa shape index (κ2) is 15.9. The van der Waals surface area contributed by atoms with E-state index < -0.39 is 42.3 Å². The van der Waals surface area contributed by atoms with Gasteiger partial charge in [0.2, 0.25) is 18.1 Å². The number of nitrogens with one attached hydrogen (secondary N) is 1. The second-order valence-corrected chi connectivity index (χ2v) is 10.4. The number of halogens is 1. The normalized spacial score (nSPS) is 14.0. The lowest BCUT2D eigenvalue weighted by Gasteiger charge is -2.26. The van der Waals surface area contributed by atoms with Gasteiger partial charge < -0.3 is 26.8 Å². The summed E-state index contributed by atoms with van der Waals surface area (Å²) in [5.74, 6) is -2.52. The molecule has 0 fully saturated rings. The largest absolute Gasteiger partial charge is 0.394 e. The molecule has 3 aromatic carbocycles. The molecule has 9 nitrogen and oxygen atoms in total. The van der Waals surface area contributed by atoms with Gasteiger partial charge in [0.05, 0.1) is 18.7 Å². The minimum Gasteiger partial charge on any atom is -0.394 e. The van der Waals surface area contributed by atoms with Crippen LogP contribution in [0.2, 0.25) is 0 Å². The third-order valence-corrected chi connectivity index (χ3v) is 7.51. The topological polar surface area (TPSA) is 156 Å². The van der Waals surface area contributed by atoms with Gasteiger partial charge >= 0.3 is 0 Å². The number of carbonyl (C=O) groups excluding carboxylic acids is 4. The predicted octanol–water partition coefficient (Wildman–Crippen LogP) is 1.82. The molecule has 6 N–H and O–H groups in total. The van der Waals surface area contributed by atoms with Crippen LogP contribution >= 0.6 is 0 Å². The van der Waals surface area contributed by atoms with Gasteiger partial charge in [0.1, 0.15) is 11.9 Å². The van der Waals surface area contributed by atoms with Gasteiger partial charge in [-0.3, -0.25) is 19.2 Å². The van der Waals surface area contributed by atoms with Crippen molar-refractivity contribution < 1.29 is 28.7 Å². The molecule has 0 heterocycles. The molecule has 0 aliphatic carbocycles. The minimum atomic E-state index is -1.22. The van der Waals surface area contributed by atoms with Crippen LogP contribution in [0.3, 0.4) is 0 Å². The SMILES string of the molecule is CN(C(=O)CCc1ccc(F)cc1)[C@H]([C]=O)CCC(CN)C(=O)[C@H](CO)NC(=O)[C@@H](N)Cc1cccc2ccccc12. The van der Waals surface area contributed by atoms with Gasteiger partial charge in [-0.25, -0.2) is 4.39 Å². The zero-order valence-electron chi connectivity index (χ0n) is 23.7. The molecule has 0 saturated heterocycles. The van der Waals surface area contributed by atoms with E-state index in [2.05, 4.69) is 5.32 Å². The number of hydrogen-bond acceptors (Lipinski definition) is 7. The maximum atomic E-state index is 13.2. The number of aryl methyl sites for hydroxylation is 1. The Balaban J connectivity index is 1.54. The summed E-state index contributed by atoms with van der Waals surface area (Å²) in [6, 6.07) is 16.2. The van der Waals surface area contributed by atoms with E-state index in [1.54, 1.807) is 12.1 Å². The molecular weight excluding hydrogens is 539 g/mol. The molecule has 0 aliphatic heterocycles. The molecule has 10 heteroatoms. The molecule has 1 radical (unpaired) electrons. The number of fused-ring (bicyclic) bond motifs is 1. The molecule has 1 unspecified atom stereocenters. The Morgan fingerprint density at radius 2 is 1.71 bits per heavy atom. The molecular formula is C32H38FN4O5. The number of benzene rings is 3. The Morgan fingerprint density at radius 1 is 1.02 bits per heavy atom. The van der Waals surface area contributed by atoms with E-state index in [9.17, 15) is 28.7 Å². The fraction of sp³-hybridized carbons (Fsp3) is 0.375. The van der Waals surface area contributed by atoms with Crippen LogP contribution in [-0.4, -0.2) is 72.2 Å². The number of nitrogens with two attached hydrogens (primary N) is 2. The first-order valence-corrected chi connectivity index (χ1v) is 13.9. The summed E-state index contributed by atoms with van der Waals surface area (Å²) in [5, 5.41) is 14.4. The highest BCUT2D eigenvalue weighted by molar-refractivity contribution is 5.93. The predicted molar refractivity (Wildman–Crippen MR) is 158 cm³/mol. The summed E-state index contributed by atoms with van der Waals surface area (Å²) in [7, 11) is 1.48. The van der Waals surface area contributed by atoms with Crippen molar-refractivity contribution in [3.8, 4) is 0 Å². The van der Waals surface area contributed by atoms with Crippen molar-refractivity contribution >= 4 is 34.7 Å². The molecule has 0 spiro atoms. The summed E-state index contributed by atoms with van der Waals surface area (Å²) < 4.78 is 13.1. The average molecular weight is 578 g/mol. The van der Waals surface area contributed by atoms with Crippen molar-refractivity contribution in [3.05, 3.63) is 83.7 Å². The van der Waals surface area contributed by atoms with Crippen molar-refractivity contribution in [2.24, 2.45) is 17.4 Å². The van der Waals surface area contributed by atoms with Gasteiger partial charge in [-0.05, 0) is 59.7 Å². The van der Waals surface area contributed by atoms with Crippen LogP contribution in [0.1, 0.15) is 30.4 Å². The second-order valence-electron chi connectivity index (χ2n) is 10.4. The first kappa shape index (κ1) is 32.5. The monoisotopic (exact) mass is 577 g/mol. The number of nitrogens with zero attached hydrogens (tertiary/aromatic N) is 1. The number of likely N-dealkylation sites (N-methyl/N-ethyl adjacent to an activating group) is 1. The van der Waals surface area contributed by atoms with Crippen LogP contribution in [0, 0.1) is 11.7 Å². The molecule has 3 rings (SSSR count). The van der Waals surface area contributed by atoms with E-state index in [1.807, 2.05) is 48.8 Å². The molecule has 42 heavy (non-hydrogen) atoms. The Kier molecular flexibility index (Phi) is 12.3. The lowest BCUT2D eigenvalue weighted by Crippen LogP contribution is -2.52. The Morgan fingerprint density at radius 3 is 2.38 bits per heavy atom. The molecule has 0 aliphatic rings. The van der Waals surface area contributed by atoms with Gasteiger partial charge in [-0.15, -0.1) is 0 Å². The molecule has 3 aromatic rings. The van der Waals surface area contributed by atoms with Crippen LogP contribution in [0.25, 0.3) is 10.8 Å². The fourth-order valence-corrected chi connectivity index (χ4v) is 4.89. The minimum absolute atomic E-state index is 0.0823. The summed E-state index contributed by atoms with van der Waals surface area (Å²) in [6.07, 6.45) is 2.82. The maximum Gasteiger partial charge on any atom is 0.237 e. The number of rotatable bonds is 16. The Labute approximate surface area is 245 Å². The van der Waals surface area contributed by atoms with E-state index in [-0.39, 0.29) is 44.0 Å². The third-order valence-electron chi connectivity index (χ3n) is 7.51. The van der Waals surface area contributed by atoms with Crippen molar-refractivity contribution in [1.29, 1.82) is 0 Å². The van der Waals surface area contributed by atoms with Crippen LogP contribution in [0.15, 0.2) is 66.7 Å². The van der Waals surface area contributed by atoms with Gasteiger partial charge in [0, 0.05) is 25.9 Å². The van der Waals surface area contributed by atoms with Crippen LogP contribution < -0.4 is 16.8 Å². The summed E-state index contributed by atoms with van der Waals surface area (Å²) in [5.41, 5.74) is 13.7. The molecule has 223 valence electrons. The number of aliphatic hydroxyl groups is 1. The van der Waals surface area contributed by atoms with Crippen molar-refractivity contribution in [2.45, 2.75) is 50.2 Å². The van der Waals surface area contributed by atoms with Gasteiger partial charge in [0.15, 0.2) is 5.78 Å². The van der Waals surface area contributed by atoms with E-state index >= 15 is 0 Å². The summed E-state index contributed by atoms with van der Waals surface area (Å²) in [4.78, 5) is 51.7. The van der Waals surface area contributed by atoms with Crippen LogP contribution in [0.4, 0.5) is 4.39 Å². The Bertz CT molecular complexity index is 1360. The van der Waals surface area contributed by atoms with Crippen molar-refractivity contribution in [3.63, 3.8) is 0 Å². The van der Waals surface area contributed by atoms with Crippen molar-refractivity contribution in [2.75, 3.05) is 20.2 Å². The van der Waals surface area contributed by atoms with Gasteiger partial charge in [0.25, 0.3) is 0 Å². The lowest BCUT2D eigenvalue weighted by atomic mass is 9.91. The first-order chi connectivity index (χ1) is 20.2. The highest BCUT2D eigenvalue weighted by Gasteiger charge is 2.30. The quantitative estimate of drug-likeness (QED) is 0.202. The number of hydrogen-bond donors (Lipinski definition) is 4. The number of aliphatic hydroxyl groups excluding tert-OH is 1. The molecule has 2 amide bonds. The zero-order valence-corrected chi connectivity index (χ0v) is 23.7. The summed E-state index contributed by atoms with van der Waals surface area (Å²) >= 11 is 0. The third kappa shape index (κ3) is 8.75. The molecule has 0 bridgehead atoms. The van der Waals surface area contributed by atoms with Crippen molar-refractivity contribution in [1.82, 2.24) is 10.2 Å². The van der Waals surface area contributed by atoms with E-state index in [0.29, 0.717) is 6.42 Å². The van der Waals surface area contributed by atoms with E-state index in [4.69, 9.17) is 11.5 Å². The lowest BCUT2D eigenvalue weighted by molar-refractivity contribution is -0.132. The number of carbonyl (C=O) groups is 3. The number of ketones is 1.